The highest BCUT2D eigenvalue weighted by atomic mass is 16.2. The summed E-state index contributed by atoms with van der Waals surface area (Å²) >= 11 is 0. The van der Waals surface area contributed by atoms with E-state index in [-0.39, 0.29) is 11.3 Å². The van der Waals surface area contributed by atoms with Crippen molar-refractivity contribution >= 4 is 5.91 Å². The zero-order valence-electron chi connectivity index (χ0n) is 12.8. The molecule has 4 rings (SSSR count). The van der Waals surface area contributed by atoms with Crippen molar-refractivity contribution in [3.8, 4) is 0 Å². The van der Waals surface area contributed by atoms with Crippen molar-refractivity contribution in [2.45, 2.75) is 44.1 Å². The van der Waals surface area contributed by atoms with Gasteiger partial charge in [0, 0.05) is 37.0 Å². The van der Waals surface area contributed by atoms with Crippen LogP contribution in [0.1, 0.15) is 37.3 Å². The van der Waals surface area contributed by atoms with Crippen LogP contribution in [0.2, 0.25) is 0 Å². The lowest BCUT2D eigenvalue weighted by atomic mass is 9.78. The monoisotopic (exact) mass is 284 g/mol. The van der Waals surface area contributed by atoms with Crippen molar-refractivity contribution in [1.29, 1.82) is 0 Å². The summed E-state index contributed by atoms with van der Waals surface area (Å²) in [6.07, 6.45) is 4.68. The first-order valence-electron chi connectivity index (χ1n) is 8.32. The maximum atomic E-state index is 13.0. The predicted octanol–water partition coefficient (Wildman–Crippen LogP) is 2.10. The number of aryl methyl sites for hydroxylation is 1. The Bertz CT molecular complexity index is 570. The number of benzene rings is 1. The summed E-state index contributed by atoms with van der Waals surface area (Å²) in [7, 11) is 0. The molecule has 2 fully saturated rings. The Morgan fingerprint density at radius 3 is 3.10 bits per heavy atom. The van der Waals surface area contributed by atoms with Gasteiger partial charge in [-0.3, -0.25) is 4.79 Å². The van der Waals surface area contributed by atoms with E-state index in [0.29, 0.717) is 11.9 Å². The van der Waals surface area contributed by atoms with E-state index in [2.05, 4.69) is 41.4 Å². The molecule has 1 N–H and O–H groups in total. The second-order valence-corrected chi connectivity index (χ2v) is 7.01. The third-order valence-electron chi connectivity index (χ3n) is 5.78. The van der Waals surface area contributed by atoms with Gasteiger partial charge in [0.15, 0.2) is 0 Å². The smallest absolute Gasteiger partial charge is 0.226 e. The highest BCUT2D eigenvalue weighted by Gasteiger charge is 2.61. The van der Waals surface area contributed by atoms with Crippen LogP contribution in [0.3, 0.4) is 0 Å². The van der Waals surface area contributed by atoms with Crippen molar-refractivity contribution < 1.29 is 4.79 Å². The highest BCUT2D eigenvalue weighted by molar-refractivity contribution is 5.85. The van der Waals surface area contributed by atoms with Gasteiger partial charge in [0.1, 0.15) is 0 Å². The van der Waals surface area contributed by atoms with Gasteiger partial charge in [-0.1, -0.05) is 24.3 Å². The fraction of sp³-hybridized carbons (Fsp3) is 0.611. The van der Waals surface area contributed by atoms with Gasteiger partial charge in [-0.15, -0.1) is 0 Å². The van der Waals surface area contributed by atoms with Crippen LogP contribution in [0.15, 0.2) is 24.3 Å². The minimum Gasteiger partial charge on any atom is -0.337 e. The SMILES string of the molecule is C[C@H]1CNCCN1C(=O)C1CC12CCCc1ccccc12. The molecule has 3 nitrogen and oxygen atoms in total. The number of nitrogens with zero attached hydrogens (tertiary/aromatic N) is 1. The van der Waals surface area contributed by atoms with Crippen LogP contribution in [-0.4, -0.2) is 36.5 Å². The summed E-state index contributed by atoms with van der Waals surface area (Å²) in [5, 5.41) is 3.37. The lowest BCUT2D eigenvalue weighted by molar-refractivity contribution is -0.135. The molecule has 3 aliphatic rings. The molecule has 1 spiro atoms. The maximum Gasteiger partial charge on any atom is 0.226 e. The van der Waals surface area contributed by atoms with E-state index in [1.165, 1.54) is 30.4 Å². The van der Waals surface area contributed by atoms with Crippen LogP contribution in [0.4, 0.5) is 0 Å². The highest BCUT2D eigenvalue weighted by Crippen LogP contribution is 2.60. The molecular formula is C18H24N2O. The fourth-order valence-electron chi connectivity index (χ4n) is 4.52. The second-order valence-electron chi connectivity index (χ2n) is 7.01. The molecule has 112 valence electrons. The van der Waals surface area contributed by atoms with Crippen molar-refractivity contribution in [2.75, 3.05) is 19.6 Å². The molecule has 1 heterocycles. The van der Waals surface area contributed by atoms with Gasteiger partial charge in [0.05, 0.1) is 0 Å². The summed E-state index contributed by atoms with van der Waals surface area (Å²) in [6, 6.07) is 9.13. The van der Waals surface area contributed by atoms with E-state index in [0.717, 1.165) is 26.1 Å². The molecular weight excluding hydrogens is 260 g/mol. The van der Waals surface area contributed by atoms with E-state index in [1.807, 2.05) is 0 Å². The summed E-state index contributed by atoms with van der Waals surface area (Å²) in [5.74, 6) is 0.639. The van der Waals surface area contributed by atoms with Gasteiger partial charge < -0.3 is 10.2 Å². The molecule has 1 saturated heterocycles. The number of carbonyl (C=O) groups excluding carboxylic acids is 1. The quantitative estimate of drug-likeness (QED) is 0.856. The van der Waals surface area contributed by atoms with Crippen molar-refractivity contribution in [1.82, 2.24) is 10.2 Å². The van der Waals surface area contributed by atoms with Crippen molar-refractivity contribution in [3.05, 3.63) is 35.4 Å². The average Bonchev–Trinajstić information content (AvgIpc) is 3.22. The molecule has 1 saturated carbocycles. The normalized spacial score (nSPS) is 34.6. The topological polar surface area (TPSA) is 32.3 Å². The molecule has 1 amide bonds. The van der Waals surface area contributed by atoms with Crippen LogP contribution >= 0.6 is 0 Å². The van der Waals surface area contributed by atoms with E-state index in [1.54, 1.807) is 0 Å². The summed E-state index contributed by atoms with van der Waals surface area (Å²) < 4.78 is 0. The predicted molar refractivity (Wildman–Crippen MR) is 83.2 cm³/mol. The molecule has 0 aromatic heterocycles. The molecule has 1 aromatic rings. The molecule has 0 radical (unpaired) electrons. The number of piperazine rings is 1. The van der Waals surface area contributed by atoms with Gasteiger partial charge >= 0.3 is 0 Å². The number of hydrogen-bond donors (Lipinski definition) is 1. The van der Waals surface area contributed by atoms with Crippen LogP contribution in [0.5, 0.6) is 0 Å². The number of amides is 1. The van der Waals surface area contributed by atoms with Gasteiger partial charge in [0.25, 0.3) is 0 Å². The first kappa shape index (κ1) is 13.3. The second kappa shape index (κ2) is 4.84. The molecule has 2 unspecified atom stereocenters. The maximum absolute atomic E-state index is 13.0. The molecule has 21 heavy (non-hydrogen) atoms. The number of rotatable bonds is 1. The standard InChI is InChI=1S/C18H24N2O/c1-13-12-19-9-10-20(13)17(21)16-11-18(16)8-4-6-14-5-2-3-7-15(14)18/h2-3,5,7,13,16,19H,4,6,8-12H2,1H3/t13-,16?,18?/m0/s1. The summed E-state index contributed by atoms with van der Waals surface area (Å²) in [4.78, 5) is 15.1. The summed E-state index contributed by atoms with van der Waals surface area (Å²) in [5.41, 5.74) is 3.13. The van der Waals surface area contributed by atoms with E-state index < -0.39 is 0 Å². The third kappa shape index (κ3) is 2.02. The van der Waals surface area contributed by atoms with Crippen LogP contribution in [0.25, 0.3) is 0 Å². The third-order valence-corrected chi connectivity index (χ3v) is 5.78. The number of nitrogens with one attached hydrogen (secondary N) is 1. The van der Waals surface area contributed by atoms with E-state index in [9.17, 15) is 4.79 Å². The number of carbonyl (C=O) groups is 1. The number of hydrogen-bond acceptors (Lipinski definition) is 2. The first-order valence-corrected chi connectivity index (χ1v) is 8.32. The lowest BCUT2D eigenvalue weighted by Gasteiger charge is -2.35. The molecule has 2 aliphatic carbocycles. The van der Waals surface area contributed by atoms with Crippen LogP contribution in [-0.2, 0) is 16.6 Å². The van der Waals surface area contributed by atoms with Crippen LogP contribution < -0.4 is 5.32 Å². The van der Waals surface area contributed by atoms with E-state index >= 15 is 0 Å². The minimum absolute atomic E-state index is 0.177. The Morgan fingerprint density at radius 2 is 2.24 bits per heavy atom. The van der Waals surface area contributed by atoms with Gasteiger partial charge in [-0.2, -0.15) is 0 Å². The Hall–Kier alpha value is -1.35. The first-order chi connectivity index (χ1) is 10.2. The molecule has 3 atom stereocenters. The Labute approximate surface area is 126 Å². The lowest BCUT2D eigenvalue weighted by Crippen LogP contribution is -2.53. The zero-order valence-corrected chi connectivity index (χ0v) is 12.8. The largest absolute Gasteiger partial charge is 0.337 e. The van der Waals surface area contributed by atoms with Gasteiger partial charge in [-0.05, 0) is 43.7 Å². The fourth-order valence-corrected chi connectivity index (χ4v) is 4.52. The molecule has 1 aliphatic heterocycles. The Morgan fingerprint density at radius 1 is 1.38 bits per heavy atom. The molecule has 3 heteroatoms. The summed E-state index contributed by atoms with van der Waals surface area (Å²) in [6.45, 7) is 4.90. The van der Waals surface area contributed by atoms with Gasteiger partial charge in [0.2, 0.25) is 5.91 Å². The minimum atomic E-state index is 0.177. The Kier molecular flexibility index (Phi) is 3.07. The van der Waals surface area contributed by atoms with Crippen LogP contribution in [0, 0.1) is 5.92 Å². The average molecular weight is 284 g/mol. The van der Waals surface area contributed by atoms with E-state index in [4.69, 9.17) is 0 Å². The Balaban J connectivity index is 1.59. The zero-order chi connectivity index (χ0) is 14.4. The van der Waals surface area contributed by atoms with Crippen molar-refractivity contribution in [3.63, 3.8) is 0 Å². The number of fused-ring (bicyclic) bond motifs is 2. The van der Waals surface area contributed by atoms with Gasteiger partial charge in [-0.25, -0.2) is 0 Å². The molecule has 1 aromatic carbocycles. The molecule has 0 bridgehead atoms. The van der Waals surface area contributed by atoms with Crippen molar-refractivity contribution in [2.24, 2.45) is 5.92 Å².